The van der Waals surface area contributed by atoms with E-state index in [1.807, 2.05) is 5.32 Å². The van der Waals surface area contributed by atoms with Gasteiger partial charge in [0.05, 0.1) is 13.2 Å². The predicted octanol–water partition coefficient (Wildman–Crippen LogP) is 6.83. The SMILES string of the molecule is CCCCCCCCCCCCCCCCCCCCCCC(=O)OCC(O)COP(=O)(O)OCC(NC(C)=O)C(=O)O. The topological polar surface area (TPSA) is 169 Å². The van der Waals surface area contributed by atoms with Crippen LogP contribution in [-0.4, -0.2) is 64.9 Å². The molecule has 0 spiro atoms. The van der Waals surface area contributed by atoms with E-state index in [2.05, 4.69) is 16.0 Å². The average molecular weight is 638 g/mol. The fraction of sp³-hybridized carbons (Fsp3) is 0.903. The number of esters is 1. The Hall–Kier alpha value is -1.52. The number of hydrogen-bond acceptors (Lipinski definition) is 8. The maximum atomic E-state index is 11.9. The van der Waals surface area contributed by atoms with Gasteiger partial charge in [0.2, 0.25) is 5.91 Å². The molecule has 11 nitrogen and oxygen atoms in total. The Bertz CT molecular complexity index is 767. The molecule has 254 valence electrons. The van der Waals surface area contributed by atoms with Crippen LogP contribution in [0.3, 0.4) is 0 Å². The Morgan fingerprint density at radius 1 is 0.674 bits per heavy atom. The number of aliphatic hydroxyl groups excluding tert-OH is 1. The van der Waals surface area contributed by atoms with Gasteiger partial charge in [-0.25, -0.2) is 9.36 Å². The Morgan fingerprint density at radius 3 is 1.47 bits per heavy atom. The van der Waals surface area contributed by atoms with E-state index in [4.69, 9.17) is 9.84 Å². The van der Waals surface area contributed by atoms with Crippen molar-refractivity contribution in [2.75, 3.05) is 19.8 Å². The second-order valence-electron chi connectivity index (χ2n) is 11.5. The second-order valence-corrected chi connectivity index (χ2v) is 12.9. The first-order valence-electron chi connectivity index (χ1n) is 16.5. The number of carbonyl (C=O) groups is 3. The van der Waals surface area contributed by atoms with E-state index in [0.29, 0.717) is 6.42 Å². The first-order valence-corrected chi connectivity index (χ1v) is 18.0. The summed E-state index contributed by atoms with van der Waals surface area (Å²) in [5, 5.41) is 20.9. The van der Waals surface area contributed by atoms with E-state index < -0.39 is 57.6 Å². The van der Waals surface area contributed by atoms with Gasteiger partial charge in [0.1, 0.15) is 12.7 Å². The van der Waals surface area contributed by atoms with Crippen molar-refractivity contribution in [3.05, 3.63) is 0 Å². The number of amides is 1. The van der Waals surface area contributed by atoms with Crippen molar-refractivity contribution in [2.45, 2.75) is 161 Å². The van der Waals surface area contributed by atoms with Crippen LogP contribution in [0.2, 0.25) is 0 Å². The van der Waals surface area contributed by atoms with Crippen LogP contribution < -0.4 is 5.32 Å². The molecule has 43 heavy (non-hydrogen) atoms. The van der Waals surface area contributed by atoms with Crippen molar-refractivity contribution in [2.24, 2.45) is 0 Å². The first-order chi connectivity index (χ1) is 20.6. The number of rotatable bonds is 31. The van der Waals surface area contributed by atoms with Gasteiger partial charge >= 0.3 is 19.8 Å². The molecule has 0 aliphatic carbocycles. The van der Waals surface area contributed by atoms with Gasteiger partial charge in [-0.3, -0.25) is 18.6 Å². The van der Waals surface area contributed by atoms with Crippen LogP contribution in [0.4, 0.5) is 0 Å². The number of carboxylic acid groups (broad SMARTS) is 1. The normalized spacial score (nSPS) is 14.1. The van der Waals surface area contributed by atoms with Crippen molar-refractivity contribution in [1.82, 2.24) is 5.32 Å². The van der Waals surface area contributed by atoms with Crippen molar-refractivity contribution < 1.29 is 47.8 Å². The van der Waals surface area contributed by atoms with Gasteiger partial charge < -0.3 is 25.2 Å². The molecule has 3 atom stereocenters. The molecule has 0 rings (SSSR count). The van der Waals surface area contributed by atoms with E-state index in [0.717, 1.165) is 26.2 Å². The summed E-state index contributed by atoms with van der Waals surface area (Å²) in [4.78, 5) is 43.5. The summed E-state index contributed by atoms with van der Waals surface area (Å²) in [6.07, 6.45) is 24.5. The van der Waals surface area contributed by atoms with Crippen LogP contribution in [0.25, 0.3) is 0 Å². The summed E-state index contributed by atoms with van der Waals surface area (Å²) < 4.78 is 26.0. The summed E-state index contributed by atoms with van der Waals surface area (Å²) >= 11 is 0. The standard InChI is InChI=1S/C31H60NO10P/c1-3-4-5-6-7-8-9-10-11-12-13-14-15-16-17-18-19-20-21-22-23-30(35)40-24-28(34)25-41-43(38,39)42-26-29(31(36)37)32-27(2)33/h28-29,34H,3-26H2,1-2H3,(H,32,33)(H,36,37)(H,38,39). The number of nitrogens with one attached hydrogen (secondary N) is 1. The maximum Gasteiger partial charge on any atom is 0.472 e. The van der Waals surface area contributed by atoms with E-state index in [1.54, 1.807) is 0 Å². The Morgan fingerprint density at radius 2 is 1.07 bits per heavy atom. The fourth-order valence-corrected chi connectivity index (χ4v) is 5.41. The lowest BCUT2D eigenvalue weighted by Gasteiger charge is -2.18. The van der Waals surface area contributed by atoms with Gasteiger partial charge in [0, 0.05) is 13.3 Å². The molecule has 0 aromatic carbocycles. The summed E-state index contributed by atoms with van der Waals surface area (Å²) in [7, 11) is -4.70. The summed E-state index contributed by atoms with van der Waals surface area (Å²) in [5.74, 6) is -2.58. The molecule has 3 unspecified atom stereocenters. The molecule has 0 aliphatic heterocycles. The smallest absolute Gasteiger partial charge is 0.472 e. The minimum absolute atomic E-state index is 0.230. The zero-order valence-corrected chi connectivity index (χ0v) is 27.7. The van der Waals surface area contributed by atoms with Gasteiger partial charge in [-0.15, -0.1) is 0 Å². The van der Waals surface area contributed by atoms with Gasteiger partial charge in [-0.1, -0.05) is 129 Å². The third-order valence-electron chi connectivity index (χ3n) is 7.18. The van der Waals surface area contributed by atoms with Crippen LogP contribution in [0.5, 0.6) is 0 Å². The number of phosphoric ester groups is 1. The fourth-order valence-electron chi connectivity index (χ4n) is 4.64. The lowest BCUT2D eigenvalue weighted by atomic mass is 10.0. The van der Waals surface area contributed by atoms with E-state index in [1.165, 1.54) is 103 Å². The molecule has 0 radical (unpaired) electrons. The highest BCUT2D eigenvalue weighted by Gasteiger charge is 2.28. The zero-order valence-electron chi connectivity index (χ0n) is 26.8. The molecular weight excluding hydrogens is 577 g/mol. The molecule has 0 fully saturated rings. The number of unbranched alkanes of at least 4 members (excludes halogenated alkanes) is 19. The number of phosphoric acid groups is 1. The molecule has 1 amide bonds. The molecule has 0 heterocycles. The van der Waals surface area contributed by atoms with Crippen molar-refractivity contribution in [1.29, 1.82) is 0 Å². The van der Waals surface area contributed by atoms with Gasteiger partial charge in [0.25, 0.3) is 0 Å². The number of aliphatic hydroxyl groups is 1. The van der Waals surface area contributed by atoms with Crippen molar-refractivity contribution in [3.8, 4) is 0 Å². The predicted molar refractivity (Wildman–Crippen MR) is 167 cm³/mol. The number of ether oxygens (including phenoxy) is 1. The molecule has 0 saturated heterocycles. The molecule has 0 aliphatic rings. The molecule has 0 aromatic rings. The molecule has 12 heteroatoms. The molecule has 4 N–H and O–H groups in total. The third kappa shape index (κ3) is 29.0. The van der Waals surface area contributed by atoms with E-state index in [-0.39, 0.29) is 6.42 Å². The maximum absolute atomic E-state index is 11.9. The number of carboxylic acids is 1. The minimum atomic E-state index is -4.70. The molecular formula is C31H60NO10P. The summed E-state index contributed by atoms with van der Waals surface area (Å²) in [6.45, 7) is 1.46. The average Bonchev–Trinajstić information content (AvgIpc) is 2.95. The van der Waals surface area contributed by atoms with Crippen LogP contribution in [0, 0.1) is 0 Å². The Labute approximate surface area is 259 Å². The quantitative estimate of drug-likeness (QED) is 0.0359. The monoisotopic (exact) mass is 637 g/mol. The van der Waals surface area contributed by atoms with Crippen molar-refractivity contribution in [3.63, 3.8) is 0 Å². The van der Waals surface area contributed by atoms with Gasteiger partial charge in [-0.2, -0.15) is 0 Å². The number of carbonyl (C=O) groups excluding carboxylic acids is 2. The Kier molecular flexibility index (Phi) is 27.0. The molecule has 0 aromatic heterocycles. The Balaban J connectivity index is 3.58. The minimum Gasteiger partial charge on any atom is -0.480 e. The largest absolute Gasteiger partial charge is 0.480 e. The highest BCUT2D eigenvalue weighted by molar-refractivity contribution is 7.47. The van der Waals surface area contributed by atoms with Crippen molar-refractivity contribution >= 4 is 25.7 Å². The highest BCUT2D eigenvalue weighted by Crippen LogP contribution is 2.43. The van der Waals surface area contributed by atoms with Gasteiger partial charge in [-0.05, 0) is 6.42 Å². The zero-order chi connectivity index (χ0) is 32.2. The van der Waals surface area contributed by atoms with Crippen LogP contribution in [-0.2, 0) is 32.7 Å². The number of aliphatic carboxylic acids is 1. The summed E-state index contributed by atoms with van der Waals surface area (Å²) in [5.41, 5.74) is 0. The molecule has 0 bridgehead atoms. The van der Waals surface area contributed by atoms with Crippen LogP contribution in [0.15, 0.2) is 0 Å². The van der Waals surface area contributed by atoms with E-state index in [9.17, 15) is 28.9 Å². The van der Waals surface area contributed by atoms with E-state index >= 15 is 0 Å². The lowest BCUT2D eigenvalue weighted by molar-refractivity contribution is -0.147. The van der Waals surface area contributed by atoms with Crippen LogP contribution in [0.1, 0.15) is 149 Å². The highest BCUT2D eigenvalue weighted by atomic mass is 31.2. The summed E-state index contributed by atoms with van der Waals surface area (Å²) in [6, 6.07) is -1.54. The third-order valence-corrected chi connectivity index (χ3v) is 8.13. The number of hydrogen-bond donors (Lipinski definition) is 4. The van der Waals surface area contributed by atoms with Gasteiger partial charge in [0.15, 0.2) is 6.04 Å². The lowest BCUT2D eigenvalue weighted by Crippen LogP contribution is -2.42. The van der Waals surface area contributed by atoms with Crippen LogP contribution >= 0.6 is 7.82 Å². The first kappa shape index (κ1) is 41.5. The second kappa shape index (κ2) is 28.0. The molecule has 0 saturated carbocycles.